The van der Waals surface area contributed by atoms with Gasteiger partial charge in [0.05, 0.1) is 31.6 Å². The van der Waals surface area contributed by atoms with Gasteiger partial charge in [0.2, 0.25) is 5.91 Å². The quantitative estimate of drug-likeness (QED) is 0.102. The van der Waals surface area contributed by atoms with E-state index in [4.69, 9.17) is 9.47 Å². The van der Waals surface area contributed by atoms with Crippen LogP contribution in [0.25, 0.3) is 6.08 Å². The monoisotopic (exact) mass is 630 g/mol. The summed E-state index contributed by atoms with van der Waals surface area (Å²) in [6.45, 7) is 2.03. The number of methoxy groups -OCH3 is 1. The molecule has 0 unspecified atom stereocenters. The maximum Gasteiger partial charge on any atom is 0.311 e. The molecule has 0 spiro atoms. The lowest BCUT2D eigenvalue weighted by Crippen LogP contribution is -2.30. The summed E-state index contributed by atoms with van der Waals surface area (Å²) in [6.07, 6.45) is 1.62. The minimum absolute atomic E-state index is 0.0421. The zero-order valence-electron chi connectivity index (χ0n) is 24.0. The predicted molar refractivity (Wildman–Crippen MR) is 172 cm³/mol. The Kier molecular flexibility index (Phi) is 11.7. The number of thiazole rings is 1. The van der Waals surface area contributed by atoms with Crippen molar-refractivity contribution in [1.82, 2.24) is 10.3 Å². The van der Waals surface area contributed by atoms with Gasteiger partial charge in [-0.3, -0.25) is 19.2 Å². The zero-order chi connectivity index (χ0) is 31.3. The van der Waals surface area contributed by atoms with Crippen LogP contribution in [0.2, 0.25) is 0 Å². The Morgan fingerprint density at radius 1 is 0.955 bits per heavy atom. The van der Waals surface area contributed by atoms with Gasteiger partial charge in [0, 0.05) is 21.5 Å². The Balaban J connectivity index is 1.39. The Hall–Kier alpha value is -4.94. The molecule has 0 radical (unpaired) electrons. The highest BCUT2D eigenvalue weighted by Crippen LogP contribution is 2.23. The molecule has 3 aromatic carbocycles. The second-order valence-electron chi connectivity index (χ2n) is 9.10. The summed E-state index contributed by atoms with van der Waals surface area (Å²) in [7, 11) is 1.56. The Bertz CT molecular complexity index is 1640. The second kappa shape index (κ2) is 16.1. The smallest absolute Gasteiger partial charge is 0.311 e. The molecule has 0 saturated heterocycles. The number of esters is 1. The van der Waals surface area contributed by atoms with E-state index in [1.54, 1.807) is 98.3 Å². The van der Waals surface area contributed by atoms with Crippen LogP contribution < -0.4 is 20.7 Å². The predicted octanol–water partition coefficient (Wildman–Crippen LogP) is 5.40. The summed E-state index contributed by atoms with van der Waals surface area (Å²) < 4.78 is 10.1. The van der Waals surface area contributed by atoms with Crippen molar-refractivity contribution >= 4 is 63.7 Å². The van der Waals surface area contributed by atoms with Crippen LogP contribution >= 0.6 is 23.1 Å². The van der Waals surface area contributed by atoms with Gasteiger partial charge in [0.15, 0.2) is 5.13 Å². The Morgan fingerprint density at radius 2 is 1.73 bits per heavy atom. The molecule has 0 aliphatic rings. The molecule has 0 atom stereocenters. The van der Waals surface area contributed by atoms with E-state index in [2.05, 4.69) is 20.9 Å². The van der Waals surface area contributed by atoms with Crippen molar-refractivity contribution in [1.29, 1.82) is 0 Å². The van der Waals surface area contributed by atoms with Crippen molar-refractivity contribution in [3.63, 3.8) is 0 Å². The fourth-order valence-corrected chi connectivity index (χ4v) is 5.26. The molecule has 1 heterocycles. The Labute approximate surface area is 262 Å². The van der Waals surface area contributed by atoms with Crippen molar-refractivity contribution < 1.29 is 28.7 Å². The van der Waals surface area contributed by atoms with Crippen molar-refractivity contribution in [3.8, 4) is 5.75 Å². The molecule has 10 nitrogen and oxygen atoms in total. The van der Waals surface area contributed by atoms with Crippen molar-refractivity contribution in [2.75, 3.05) is 30.1 Å². The normalized spacial score (nSPS) is 10.9. The molecule has 0 fully saturated rings. The maximum atomic E-state index is 13.4. The highest BCUT2D eigenvalue weighted by Gasteiger charge is 2.16. The molecule has 0 bridgehead atoms. The van der Waals surface area contributed by atoms with Gasteiger partial charge >= 0.3 is 5.97 Å². The second-order valence-corrected chi connectivity index (χ2v) is 11.0. The zero-order valence-corrected chi connectivity index (χ0v) is 25.6. The van der Waals surface area contributed by atoms with Crippen LogP contribution in [0.1, 0.15) is 28.5 Å². The largest absolute Gasteiger partial charge is 0.497 e. The van der Waals surface area contributed by atoms with E-state index in [1.807, 2.05) is 6.07 Å². The number of hydrogen-bond acceptors (Lipinski definition) is 9. The number of ether oxygens (including phenoxy) is 2. The van der Waals surface area contributed by atoms with Crippen LogP contribution in [0.15, 0.2) is 94.8 Å². The molecule has 1 aromatic heterocycles. The van der Waals surface area contributed by atoms with Gasteiger partial charge in [0.25, 0.3) is 11.8 Å². The number of benzene rings is 3. The molecule has 0 aliphatic heterocycles. The molecular weight excluding hydrogens is 601 g/mol. The van der Waals surface area contributed by atoms with Crippen LogP contribution in [-0.2, 0) is 25.5 Å². The van der Waals surface area contributed by atoms with E-state index in [9.17, 15) is 19.2 Å². The first kappa shape index (κ1) is 32.0. The first-order valence-electron chi connectivity index (χ1n) is 13.5. The summed E-state index contributed by atoms with van der Waals surface area (Å²) in [4.78, 5) is 55.4. The van der Waals surface area contributed by atoms with Crippen LogP contribution in [0, 0.1) is 0 Å². The van der Waals surface area contributed by atoms with Crippen LogP contribution in [0.4, 0.5) is 10.8 Å². The van der Waals surface area contributed by atoms with E-state index in [0.717, 1.165) is 4.90 Å². The molecule has 3 N–H and O–H groups in total. The van der Waals surface area contributed by atoms with E-state index in [0.29, 0.717) is 40.0 Å². The molecular formula is C32H30N4O6S2. The standard InChI is InChI=1S/C32H30N4O6S2/c1-3-42-29(38)18-24-19-44-32(34-24)36-28(37)20-43-26-11-7-10-23(17-26)33-31(40)27(16-21-12-14-25(41-2)15-13-21)35-30(39)22-8-5-4-6-9-22/h4-17,19H,3,18,20H2,1-2H3,(H,33,40)(H,35,39)(H,34,36,37)/b27-16+. The number of nitrogens with one attached hydrogen (secondary N) is 3. The van der Waals surface area contributed by atoms with Gasteiger partial charge in [-0.1, -0.05) is 36.4 Å². The minimum atomic E-state index is -0.521. The number of amides is 3. The number of carbonyl (C=O) groups is 4. The molecule has 226 valence electrons. The maximum absolute atomic E-state index is 13.4. The average Bonchev–Trinajstić information content (AvgIpc) is 3.46. The molecule has 4 aromatic rings. The van der Waals surface area contributed by atoms with E-state index in [1.165, 1.54) is 23.1 Å². The fourth-order valence-electron chi connectivity index (χ4n) is 3.78. The fraction of sp³-hybridized carbons (Fsp3) is 0.156. The molecule has 0 saturated carbocycles. The number of hydrogen-bond donors (Lipinski definition) is 3. The van der Waals surface area contributed by atoms with E-state index >= 15 is 0 Å². The summed E-state index contributed by atoms with van der Waals surface area (Å²) >= 11 is 2.51. The molecule has 0 aliphatic carbocycles. The molecule has 4 rings (SSSR count). The SMILES string of the molecule is CCOC(=O)Cc1csc(NC(=O)CSc2cccc(NC(=O)/C(=C\c3ccc(OC)cc3)NC(=O)c3ccccc3)c2)n1. The highest BCUT2D eigenvalue weighted by atomic mass is 32.2. The van der Waals surface area contributed by atoms with Crippen LogP contribution in [0.5, 0.6) is 5.75 Å². The molecule has 44 heavy (non-hydrogen) atoms. The molecule has 12 heteroatoms. The first-order valence-corrected chi connectivity index (χ1v) is 15.4. The summed E-state index contributed by atoms with van der Waals surface area (Å²) in [6, 6.07) is 22.7. The van der Waals surface area contributed by atoms with Crippen LogP contribution in [0.3, 0.4) is 0 Å². The third kappa shape index (κ3) is 9.82. The third-order valence-electron chi connectivity index (χ3n) is 5.85. The topological polar surface area (TPSA) is 136 Å². The van der Waals surface area contributed by atoms with Gasteiger partial charge in [-0.15, -0.1) is 23.1 Å². The average molecular weight is 631 g/mol. The highest BCUT2D eigenvalue weighted by molar-refractivity contribution is 8.00. The van der Waals surface area contributed by atoms with Gasteiger partial charge in [-0.25, -0.2) is 4.98 Å². The van der Waals surface area contributed by atoms with E-state index < -0.39 is 11.8 Å². The number of rotatable bonds is 13. The summed E-state index contributed by atoms with van der Waals surface area (Å²) in [5.74, 6) is -0.832. The van der Waals surface area contributed by atoms with Gasteiger partial charge in [-0.05, 0) is 61.0 Å². The number of anilines is 2. The Morgan fingerprint density at radius 3 is 2.45 bits per heavy atom. The van der Waals surface area contributed by atoms with Crippen molar-refractivity contribution in [3.05, 3.63) is 107 Å². The minimum Gasteiger partial charge on any atom is -0.497 e. The van der Waals surface area contributed by atoms with Crippen LogP contribution in [-0.4, -0.2) is 48.1 Å². The first-order chi connectivity index (χ1) is 21.3. The lowest BCUT2D eigenvalue weighted by atomic mass is 10.1. The summed E-state index contributed by atoms with van der Waals surface area (Å²) in [5, 5.41) is 10.4. The van der Waals surface area contributed by atoms with Gasteiger partial charge in [0.1, 0.15) is 11.4 Å². The third-order valence-corrected chi connectivity index (χ3v) is 7.65. The number of aromatic nitrogens is 1. The molecule has 3 amide bonds. The number of nitrogens with zero attached hydrogens (tertiary/aromatic N) is 1. The lowest BCUT2D eigenvalue weighted by Gasteiger charge is -2.12. The summed E-state index contributed by atoms with van der Waals surface area (Å²) in [5.41, 5.74) is 2.16. The van der Waals surface area contributed by atoms with E-state index in [-0.39, 0.29) is 29.7 Å². The lowest BCUT2D eigenvalue weighted by molar-refractivity contribution is -0.142. The van der Waals surface area contributed by atoms with Crippen molar-refractivity contribution in [2.24, 2.45) is 0 Å². The number of thioether (sulfide) groups is 1. The van der Waals surface area contributed by atoms with Gasteiger partial charge in [-0.2, -0.15) is 0 Å². The number of carbonyl (C=O) groups excluding carboxylic acids is 4. The van der Waals surface area contributed by atoms with Gasteiger partial charge < -0.3 is 25.4 Å². The van der Waals surface area contributed by atoms with Crippen molar-refractivity contribution in [2.45, 2.75) is 18.2 Å².